The van der Waals surface area contributed by atoms with Crippen molar-refractivity contribution >= 4 is 5.97 Å². The monoisotopic (exact) mass is 209 g/mol. The van der Waals surface area contributed by atoms with Crippen molar-refractivity contribution in [3.05, 3.63) is 0 Å². The number of carboxylic acids is 1. The van der Waals surface area contributed by atoms with E-state index in [0.29, 0.717) is 0 Å². The maximum Gasteiger partial charge on any atom is 0.306 e. The van der Waals surface area contributed by atoms with E-state index >= 15 is 0 Å². The van der Waals surface area contributed by atoms with Crippen LogP contribution in [0.3, 0.4) is 0 Å². The van der Waals surface area contributed by atoms with Gasteiger partial charge in [-0.2, -0.15) is 0 Å². The van der Waals surface area contributed by atoms with Crippen LogP contribution in [0.15, 0.2) is 0 Å². The summed E-state index contributed by atoms with van der Waals surface area (Å²) >= 11 is 0. The van der Waals surface area contributed by atoms with Crippen molar-refractivity contribution < 1.29 is 32.3 Å². The van der Waals surface area contributed by atoms with E-state index in [9.17, 15) is 4.79 Å². The Balaban J connectivity index is 0. The zero-order valence-corrected chi connectivity index (χ0v) is 6.42. The third-order valence-electron chi connectivity index (χ3n) is 1.03. The summed E-state index contributed by atoms with van der Waals surface area (Å²) < 4.78 is 0. The van der Waals surface area contributed by atoms with Crippen LogP contribution in [0.25, 0.3) is 0 Å². The zero-order chi connectivity index (χ0) is 5.86. The summed E-state index contributed by atoms with van der Waals surface area (Å²) in [5.41, 5.74) is 0. The van der Waals surface area contributed by atoms with E-state index in [1.165, 1.54) is 0 Å². The Hall–Kier alpha value is 0.210. The van der Waals surface area contributed by atoms with Gasteiger partial charge < -0.3 is 5.11 Å². The number of hydrogen-bond donors (Lipinski definition) is 1. The second-order valence-corrected chi connectivity index (χ2v) is 1.65. The van der Waals surface area contributed by atoms with Gasteiger partial charge in [0, 0.05) is 22.4 Å². The van der Waals surface area contributed by atoms with Gasteiger partial charge in [-0.05, 0) is 6.42 Å². The van der Waals surface area contributed by atoms with E-state index in [1.54, 1.807) is 6.92 Å². The molecule has 0 saturated carbocycles. The van der Waals surface area contributed by atoms with E-state index in [2.05, 4.69) is 0 Å². The van der Waals surface area contributed by atoms with Gasteiger partial charge in [-0.15, -0.1) is 0 Å². The van der Waals surface area contributed by atoms with Crippen molar-refractivity contribution in [3.63, 3.8) is 0 Å². The van der Waals surface area contributed by atoms with Gasteiger partial charge in [0.1, 0.15) is 0 Å². The second-order valence-electron chi connectivity index (χ2n) is 1.65. The maximum absolute atomic E-state index is 9.93. The largest absolute Gasteiger partial charge is 0.481 e. The molecule has 0 heterocycles. The van der Waals surface area contributed by atoms with Gasteiger partial charge >= 0.3 is 5.97 Å². The predicted octanol–water partition coefficient (Wildman–Crippen LogP) is 1.11. The molecule has 1 unspecified atom stereocenters. The average molecular weight is 210 g/mol. The van der Waals surface area contributed by atoms with E-state index < -0.39 is 5.97 Å². The average Bonchev–Trinajstić information content (AvgIpc) is 1.65. The molecule has 0 bridgehead atoms. The fourth-order valence-corrected chi connectivity index (χ4v) is 0.175. The molecular formula is C5H10AgO2. The SMILES string of the molecule is CCC(C)C(=O)O.[Ag]. The van der Waals surface area contributed by atoms with Gasteiger partial charge in [0.25, 0.3) is 0 Å². The van der Waals surface area contributed by atoms with Crippen LogP contribution in [0.5, 0.6) is 0 Å². The molecule has 0 spiro atoms. The molecule has 0 rings (SSSR count). The molecule has 1 N–H and O–H groups in total. The normalized spacial score (nSPS) is 11.8. The van der Waals surface area contributed by atoms with Crippen LogP contribution in [-0.2, 0) is 27.2 Å². The molecule has 1 atom stereocenters. The van der Waals surface area contributed by atoms with Crippen molar-refractivity contribution in [2.45, 2.75) is 20.3 Å². The fraction of sp³-hybridized carbons (Fsp3) is 0.800. The molecule has 2 nitrogen and oxygen atoms in total. The first-order valence-electron chi connectivity index (χ1n) is 2.41. The molecule has 0 aromatic heterocycles. The van der Waals surface area contributed by atoms with Crippen LogP contribution in [0, 0.1) is 5.92 Å². The summed E-state index contributed by atoms with van der Waals surface area (Å²) in [7, 11) is 0. The molecule has 53 valence electrons. The summed E-state index contributed by atoms with van der Waals surface area (Å²) in [6, 6.07) is 0. The van der Waals surface area contributed by atoms with E-state index in [1.807, 2.05) is 6.92 Å². The smallest absolute Gasteiger partial charge is 0.306 e. The van der Waals surface area contributed by atoms with Gasteiger partial charge in [-0.25, -0.2) is 0 Å². The molecule has 0 fully saturated rings. The predicted molar refractivity (Wildman–Crippen MR) is 27.1 cm³/mol. The number of aliphatic carboxylic acids is 1. The Kier molecular flexibility index (Phi) is 7.40. The van der Waals surface area contributed by atoms with E-state index in [4.69, 9.17) is 5.11 Å². The van der Waals surface area contributed by atoms with Crippen molar-refractivity contribution in [2.75, 3.05) is 0 Å². The van der Waals surface area contributed by atoms with Crippen LogP contribution in [0.1, 0.15) is 20.3 Å². The van der Waals surface area contributed by atoms with Crippen LogP contribution < -0.4 is 0 Å². The Labute approximate surface area is 64.8 Å². The minimum absolute atomic E-state index is 0. The first-order valence-corrected chi connectivity index (χ1v) is 2.41. The quantitative estimate of drug-likeness (QED) is 0.693. The standard InChI is InChI=1S/C5H10O2.Ag/c1-3-4(2)5(6)7;/h4H,3H2,1-2H3,(H,6,7);. The molecule has 3 heteroatoms. The number of hydrogen-bond acceptors (Lipinski definition) is 1. The Morgan fingerprint density at radius 2 is 2.12 bits per heavy atom. The Morgan fingerprint density at radius 1 is 1.75 bits per heavy atom. The molecular weight excluding hydrogens is 200 g/mol. The molecule has 0 aromatic carbocycles. The molecule has 0 aliphatic rings. The van der Waals surface area contributed by atoms with Crippen LogP contribution >= 0.6 is 0 Å². The maximum atomic E-state index is 9.93. The van der Waals surface area contributed by atoms with Gasteiger partial charge in [0.05, 0.1) is 5.92 Å². The van der Waals surface area contributed by atoms with Crippen molar-refractivity contribution in [2.24, 2.45) is 5.92 Å². The first-order chi connectivity index (χ1) is 3.18. The molecule has 0 amide bonds. The topological polar surface area (TPSA) is 37.3 Å². The van der Waals surface area contributed by atoms with Gasteiger partial charge in [0.15, 0.2) is 0 Å². The first kappa shape index (κ1) is 11.1. The van der Waals surface area contributed by atoms with Gasteiger partial charge in [-0.1, -0.05) is 13.8 Å². The summed E-state index contributed by atoms with van der Waals surface area (Å²) in [5.74, 6) is -0.887. The second kappa shape index (κ2) is 5.35. The summed E-state index contributed by atoms with van der Waals surface area (Å²) in [5, 5.41) is 8.18. The van der Waals surface area contributed by atoms with Crippen LogP contribution in [0.4, 0.5) is 0 Å². The Bertz CT molecular complexity index is 72.8. The summed E-state index contributed by atoms with van der Waals surface area (Å²) in [4.78, 5) is 9.93. The zero-order valence-electron chi connectivity index (χ0n) is 4.94. The number of rotatable bonds is 2. The molecule has 8 heavy (non-hydrogen) atoms. The summed E-state index contributed by atoms with van der Waals surface area (Å²) in [6.07, 6.45) is 0.718. The van der Waals surface area contributed by atoms with Crippen molar-refractivity contribution in [1.82, 2.24) is 0 Å². The minimum atomic E-state index is -0.706. The van der Waals surface area contributed by atoms with Gasteiger partial charge in [0.2, 0.25) is 0 Å². The van der Waals surface area contributed by atoms with Crippen molar-refractivity contribution in [3.8, 4) is 0 Å². The number of carboxylic acid groups (broad SMARTS) is 1. The molecule has 0 saturated heterocycles. The third-order valence-corrected chi connectivity index (χ3v) is 1.03. The van der Waals surface area contributed by atoms with Crippen molar-refractivity contribution in [1.29, 1.82) is 0 Å². The fourth-order valence-electron chi connectivity index (χ4n) is 0.175. The molecule has 0 aliphatic heterocycles. The van der Waals surface area contributed by atoms with Gasteiger partial charge in [-0.3, -0.25) is 4.79 Å². The molecule has 0 aromatic rings. The van der Waals surface area contributed by atoms with E-state index in [-0.39, 0.29) is 28.3 Å². The number of carbonyl (C=O) groups is 1. The third kappa shape index (κ3) is 4.37. The van der Waals surface area contributed by atoms with Crippen LogP contribution in [-0.4, -0.2) is 11.1 Å². The van der Waals surface area contributed by atoms with E-state index in [0.717, 1.165) is 6.42 Å². The molecule has 0 aliphatic carbocycles. The van der Waals surface area contributed by atoms with Crippen LogP contribution in [0.2, 0.25) is 0 Å². The minimum Gasteiger partial charge on any atom is -0.481 e. The summed E-state index contributed by atoms with van der Waals surface area (Å²) in [6.45, 7) is 3.56. The Morgan fingerprint density at radius 3 is 2.12 bits per heavy atom. The molecule has 1 radical (unpaired) electrons.